The maximum absolute atomic E-state index is 11.9. The predicted molar refractivity (Wildman–Crippen MR) is 74.5 cm³/mol. The number of aliphatic hydroxyl groups excluding tert-OH is 1. The van der Waals surface area contributed by atoms with E-state index in [0.29, 0.717) is 13.0 Å². The molecule has 1 aromatic rings. The zero-order valence-electron chi connectivity index (χ0n) is 11.3. The van der Waals surface area contributed by atoms with Gasteiger partial charge in [-0.2, -0.15) is 13.2 Å². The third kappa shape index (κ3) is 5.16. The van der Waals surface area contributed by atoms with E-state index in [1.807, 2.05) is 12.1 Å². The standard InChI is InChI=1S/C14H16BrF3O3/c15-11-5-9-1-4-21-13(9)10(6-11)7-12(19)2-3-20-8-14(16,17)18/h5-6,12,19H,1-4,7-8H2. The van der Waals surface area contributed by atoms with Gasteiger partial charge in [0.25, 0.3) is 0 Å². The number of hydrogen-bond acceptors (Lipinski definition) is 3. The van der Waals surface area contributed by atoms with E-state index >= 15 is 0 Å². The molecule has 0 aromatic heterocycles. The molecule has 1 N–H and O–H groups in total. The molecule has 118 valence electrons. The molecule has 0 radical (unpaired) electrons. The van der Waals surface area contributed by atoms with Gasteiger partial charge in [-0.25, -0.2) is 0 Å². The van der Waals surface area contributed by atoms with E-state index < -0.39 is 18.9 Å². The van der Waals surface area contributed by atoms with E-state index in [2.05, 4.69) is 20.7 Å². The Balaban J connectivity index is 1.85. The van der Waals surface area contributed by atoms with Crippen LogP contribution in [0.1, 0.15) is 17.5 Å². The molecule has 0 spiro atoms. The highest BCUT2D eigenvalue weighted by atomic mass is 79.9. The van der Waals surface area contributed by atoms with E-state index in [4.69, 9.17) is 4.74 Å². The minimum Gasteiger partial charge on any atom is -0.493 e. The Morgan fingerprint density at radius 1 is 1.38 bits per heavy atom. The third-order valence-corrected chi connectivity index (χ3v) is 3.60. The number of hydrogen-bond donors (Lipinski definition) is 1. The number of halogens is 4. The first-order valence-electron chi connectivity index (χ1n) is 6.62. The van der Waals surface area contributed by atoms with Crippen molar-refractivity contribution in [1.29, 1.82) is 0 Å². The topological polar surface area (TPSA) is 38.7 Å². The molecule has 0 bridgehead atoms. The summed E-state index contributed by atoms with van der Waals surface area (Å²) in [6.07, 6.45) is -3.79. The van der Waals surface area contributed by atoms with Crippen LogP contribution in [-0.4, -0.2) is 37.2 Å². The highest BCUT2D eigenvalue weighted by Crippen LogP contribution is 2.33. The first-order chi connectivity index (χ1) is 9.85. The SMILES string of the molecule is OC(CCOCC(F)(F)F)Cc1cc(Br)cc2c1OCC2. The van der Waals surface area contributed by atoms with E-state index in [9.17, 15) is 18.3 Å². The normalized spacial score (nSPS) is 15.7. The Morgan fingerprint density at radius 2 is 2.14 bits per heavy atom. The molecular formula is C14H16BrF3O3. The summed E-state index contributed by atoms with van der Waals surface area (Å²) < 4.78 is 46.7. The van der Waals surface area contributed by atoms with E-state index in [1.165, 1.54) is 0 Å². The lowest BCUT2D eigenvalue weighted by atomic mass is 10.0. The quantitative estimate of drug-likeness (QED) is 0.783. The summed E-state index contributed by atoms with van der Waals surface area (Å²) in [4.78, 5) is 0. The highest BCUT2D eigenvalue weighted by molar-refractivity contribution is 9.10. The molecule has 1 aromatic carbocycles. The van der Waals surface area contributed by atoms with Gasteiger partial charge < -0.3 is 14.6 Å². The third-order valence-electron chi connectivity index (χ3n) is 3.14. The molecule has 1 unspecified atom stereocenters. The Labute approximate surface area is 129 Å². The van der Waals surface area contributed by atoms with Gasteiger partial charge in [0.2, 0.25) is 0 Å². The Hall–Kier alpha value is -0.790. The maximum atomic E-state index is 11.9. The van der Waals surface area contributed by atoms with Crippen molar-refractivity contribution < 1.29 is 27.8 Å². The Bertz CT molecular complexity index is 491. The number of alkyl halides is 3. The van der Waals surface area contributed by atoms with Gasteiger partial charge >= 0.3 is 6.18 Å². The lowest BCUT2D eigenvalue weighted by molar-refractivity contribution is -0.175. The van der Waals surface area contributed by atoms with Crippen LogP contribution in [0, 0.1) is 0 Å². The van der Waals surface area contributed by atoms with Gasteiger partial charge in [-0.1, -0.05) is 15.9 Å². The molecule has 1 aliphatic heterocycles. The zero-order chi connectivity index (χ0) is 15.5. The number of ether oxygens (including phenoxy) is 2. The largest absolute Gasteiger partial charge is 0.493 e. The van der Waals surface area contributed by atoms with Gasteiger partial charge in [-0.15, -0.1) is 0 Å². The van der Waals surface area contributed by atoms with Crippen LogP contribution in [0.3, 0.4) is 0 Å². The van der Waals surface area contributed by atoms with Crippen molar-refractivity contribution in [3.63, 3.8) is 0 Å². The minimum atomic E-state index is -4.33. The summed E-state index contributed by atoms with van der Waals surface area (Å²) in [5.41, 5.74) is 1.94. The number of aliphatic hydroxyl groups is 1. The predicted octanol–water partition coefficient (Wildman–Crippen LogP) is 3.26. The molecule has 0 fully saturated rings. The number of benzene rings is 1. The molecule has 1 heterocycles. The molecule has 0 saturated carbocycles. The minimum absolute atomic E-state index is 0.127. The monoisotopic (exact) mass is 368 g/mol. The van der Waals surface area contributed by atoms with Gasteiger partial charge in [0.1, 0.15) is 12.4 Å². The molecule has 2 rings (SSSR count). The first kappa shape index (κ1) is 16.6. The lowest BCUT2D eigenvalue weighted by Crippen LogP contribution is -2.20. The van der Waals surface area contributed by atoms with Crippen LogP contribution in [0.15, 0.2) is 16.6 Å². The van der Waals surface area contributed by atoms with Gasteiger partial charge in [0, 0.05) is 23.9 Å². The molecule has 0 amide bonds. The van der Waals surface area contributed by atoms with E-state index in [-0.39, 0.29) is 13.0 Å². The van der Waals surface area contributed by atoms with Crippen LogP contribution < -0.4 is 4.74 Å². The summed E-state index contributed by atoms with van der Waals surface area (Å²) in [5.74, 6) is 0.786. The fraction of sp³-hybridized carbons (Fsp3) is 0.571. The van der Waals surface area contributed by atoms with Crippen LogP contribution in [-0.2, 0) is 17.6 Å². The second-order valence-electron chi connectivity index (χ2n) is 4.97. The van der Waals surface area contributed by atoms with Crippen molar-refractivity contribution in [2.75, 3.05) is 19.8 Å². The molecule has 1 atom stereocenters. The van der Waals surface area contributed by atoms with Crippen LogP contribution in [0.4, 0.5) is 13.2 Å². The first-order valence-corrected chi connectivity index (χ1v) is 7.41. The van der Waals surface area contributed by atoms with Crippen molar-refractivity contribution in [2.24, 2.45) is 0 Å². The number of rotatable bonds is 6. The summed E-state index contributed by atoms with van der Waals surface area (Å²) >= 11 is 3.40. The molecule has 0 saturated heterocycles. The summed E-state index contributed by atoms with van der Waals surface area (Å²) in [7, 11) is 0. The number of fused-ring (bicyclic) bond motifs is 1. The van der Waals surface area contributed by atoms with Gasteiger partial charge in [-0.3, -0.25) is 0 Å². The molecule has 0 aliphatic carbocycles. The maximum Gasteiger partial charge on any atom is 0.411 e. The average Bonchev–Trinajstić information content (AvgIpc) is 2.81. The van der Waals surface area contributed by atoms with Gasteiger partial charge in [0.15, 0.2) is 0 Å². The van der Waals surface area contributed by atoms with Crippen LogP contribution >= 0.6 is 15.9 Å². The summed E-state index contributed by atoms with van der Waals surface area (Å²) in [6, 6.07) is 3.84. The highest BCUT2D eigenvalue weighted by Gasteiger charge is 2.27. The smallest absolute Gasteiger partial charge is 0.411 e. The van der Waals surface area contributed by atoms with Crippen LogP contribution in [0.5, 0.6) is 5.75 Å². The second kappa shape index (κ2) is 6.98. The average molecular weight is 369 g/mol. The summed E-state index contributed by atoms with van der Waals surface area (Å²) in [5, 5.41) is 9.92. The fourth-order valence-corrected chi connectivity index (χ4v) is 2.81. The molecular weight excluding hydrogens is 353 g/mol. The van der Waals surface area contributed by atoms with Crippen molar-refractivity contribution >= 4 is 15.9 Å². The molecule has 7 heteroatoms. The van der Waals surface area contributed by atoms with Crippen molar-refractivity contribution in [2.45, 2.75) is 31.5 Å². The second-order valence-corrected chi connectivity index (χ2v) is 5.88. The van der Waals surface area contributed by atoms with Gasteiger partial charge in [-0.05, 0) is 29.7 Å². The van der Waals surface area contributed by atoms with Crippen molar-refractivity contribution in [3.8, 4) is 5.75 Å². The lowest BCUT2D eigenvalue weighted by Gasteiger charge is -2.14. The zero-order valence-corrected chi connectivity index (χ0v) is 12.8. The van der Waals surface area contributed by atoms with Crippen LogP contribution in [0.2, 0.25) is 0 Å². The Morgan fingerprint density at radius 3 is 2.86 bits per heavy atom. The molecule has 1 aliphatic rings. The van der Waals surface area contributed by atoms with Crippen LogP contribution in [0.25, 0.3) is 0 Å². The molecule has 3 nitrogen and oxygen atoms in total. The van der Waals surface area contributed by atoms with Crippen molar-refractivity contribution in [1.82, 2.24) is 0 Å². The van der Waals surface area contributed by atoms with Gasteiger partial charge in [0.05, 0.1) is 12.7 Å². The summed E-state index contributed by atoms with van der Waals surface area (Å²) in [6.45, 7) is -0.795. The van der Waals surface area contributed by atoms with E-state index in [1.54, 1.807) is 0 Å². The Kier molecular flexibility index (Phi) is 5.51. The van der Waals surface area contributed by atoms with E-state index in [0.717, 1.165) is 27.8 Å². The molecule has 21 heavy (non-hydrogen) atoms. The fourth-order valence-electron chi connectivity index (χ4n) is 2.26. The van der Waals surface area contributed by atoms with Crippen molar-refractivity contribution in [3.05, 3.63) is 27.7 Å².